The van der Waals surface area contributed by atoms with Gasteiger partial charge in [-0.15, -0.1) is 0 Å². The molecular formula is C14H16OP+. The average molecular weight is 231 g/mol. The highest BCUT2D eigenvalue weighted by atomic mass is 31.1. The highest BCUT2D eigenvalue weighted by Gasteiger charge is 2.37. The first-order valence-corrected chi connectivity index (χ1v) is 6.71. The predicted molar refractivity (Wildman–Crippen MR) is 70.9 cm³/mol. The Morgan fingerprint density at radius 2 is 1.56 bits per heavy atom. The van der Waals surface area contributed by atoms with E-state index in [1.165, 1.54) is 0 Å². The van der Waals surface area contributed by atoms with Crippen molar-refractivity contribution in [2.45, 2.75) is 25.9 Å². The summed E-state index contributed by atoms with van der Waals surface area (Å²) in [5.74, 6) is 0. The molecule has 0 aliphatic heterocycles. The third-order valence-electron chi connectivity index (χ3n) is 2.59. The van der Waals surface area contributed by atoms with Gasteiger partial charge in [0.1, 0.15) is 0 Å². The monoisotopic (exact) mass is 231 g/mol. The first-order chi connectivity index (χ1) is 7.50. The Bertz CT molecular complexity index is 532. The lowest BCUT2D eigenvalue weighted by Gasteiger charge is -2.06. The maximum atomic E-state index is 12.4. The van der Waals surface area contributed by atoms with Gasteiger partial charge in [0.2, 0.25) is 0 Å². The smallest absolute Gasteiger partial charge is 0.0674 e. The lowest BCUT2D eigenvalue weighted by molar-refractivity contribution is 0.572. The first-order valence-electron chi connectivity index (χ1n) is 5.45. The summed E-state index contributed by atoms with van der Waals surface area (Å²) in [6.45, 7) is 6.06. The van der Waals surface area contributed by atoms with Crippen molar-refractivity contribution < 1.29 is 4.57 Å². The van der Waals surface area contributed by atoms with E-state index in [-0.39, 0.29) is 5.16 Å². The molecule has 1 unspecified atom stereocenters. The molecule has 0 saturated heterocycles. The summed E-state index contributed by atoms with van der Waals surface area (Å²) in [4.78, 5) is 0. The van der Waals surface area contributed by atoms with E-state index in [1.54, 1.807) is 0 Å². The van der Waals surface area contributed by atoms with Gasteiger partial charge in [-0.2, -0.15) is 0 Å². The van der Waals surface area contributed by atoms with Crippen LogP contribution in [0, 0.1) is 0 Å². The molecule has 1 nitrogen and oxygen atoms in total. The van der Waals surface area contributed by atoms with E-state index in [9.17, 15) is 4.57 Å². The summed E-state index contributed by atoms with van der Waals surface area (Å²) < 4.78 is 12.4. The molecule has 0 amide bonds. The molecule has 0 spiro atoms. The van der Waals surface area contributed by atoms with Crippen molar-refractivity contribution >= 4 is 23.9 Å². The first kappa shape index (κ1) is 11.3. The number of benzene rings is 2. The van der Waals surface area contributed by atoms with Gasteiger partial charge in [-0.05, 0) is 38.3 Å². The fourth-order valence-electron chi connectivity index (χ4n) is 1.75. The Labute approximate surface area is 97.3 Å². The normalized spacial score (nSPS) is 12.8. The Balaban J connectivity index is 2.66. The van der Waals surface area contributed by atoms with Crippen LogP contribution in [0.25, 0.3) is 10.8 Å². The highest BCUT2D eigenvalue weighted by Crippen LogP contribution is 2.38. The van der Waals surface area contributed by atoms with Crippen molar-refractivity contribution in [1.82, 2.24) is 0 Å². The molecule has 0 aliphatic rings. The van der Waals surface area contributed by atoms with Crippen LogP contribution in [0.1, 0.15) is 20.8 Å². The number of hydrogen-bond acceptors (Lipinski definition) is 1. The molecule has 2 heteroatoms. The zero-order valence-electron chi connectivity index (χ0n) is 9.90. The molecule has 82 valence electrons. The van der Waals surface area contributed by atoms with Crippen molar-refractivity contribution in [3.8, 4) is 0 Å². The molecule has 0 fully saturated rings. The van der Waals surface area contributed by atoms with E-state index in [4.69, 9.17) is 0 Å². The minimum absolute atomic E-state index is 0.181. The number of rotatable bonds is 1. The quantitative estimate of drug-likeness (QED) is 0.675. The molecule has 2 rings (SSSR count). The van der Waals surface area contributed by atoms with Gasteiger partial charge in [-0.25, -0.2) is 0 Å². The summed E-state index contributed by atoms with van der Waals surface area (Å²) in [6.07, 6.45) is 0. The zero-order chi connectivity index (χ0) is 11.8. The summed E-state index contributed by atoms with van der Waals surface area (Å²) in [6, 6.07) is 14.1. The summed E-state index contributed by atoms with van der Waals surface area (Å²) >= 11 is 0. The third kappa shape index (κ3) is 2.01. The molecule has 0 saturated carbocycles. The predicted octanol–water partition coefficient (Wildman–Crippen LogP) is 4.09. The van der Waals surface area contributed by atoms with Gasteiger partial charge in [0.25, 0.3) is 0 Å². The summed E-state index contributed by atoms with van der Waals surface area (Å²) in [5.41, 5.74) is 0. The van der Waals surface area contributed by atoms with Crippen LogP contribution in [0.15, 0.2) is 42.5 Å². The van der Waals surface area contributed by atoms with Crippen LogP contribution < -0.4 is 5.30 Å². The molecule has 16 heavy (non-hydrogen) atoms. The molecule has 0 bridgehead atoms. The van der Waals surface area contributed by atoms with Gasteiger partial charge in [0.05, 0.1) is 0 Å². The van der Waals surface area contributed by atoms with Crippen molar-refractivity contribution in [1.29, 1.82) is 0 Å². The molecule has 0 aliphatic carbocycles. The van der Waals surface area contributed by atoms with Crippen LogP contribution >= 0.6 is 7.80 Å². The highest BCUT2D eigenvalue weighted by molar-refractivity contribution is 7.55. The topological polar surface area (TPSA) is 17.1 Å². The zero-order valence-corrected chi connectivity index (χ0v) is 10.8. The number of fused-ring (bicyclic) bond motifs is 1. The van der Waals surface area contributed by atoms with E-state index in [0.29, 0.717) is 0 Å². The van der Waals surface area contributed by atoms with Crippen molar-refractivity contribution in [3.63, 3.8) is 0 Å². The van der Waals surface area contributed by atoms with Gasteiger partial charge < -0.3 is 0 Å². The minimum atomic E-state index is -1.37. The summed E-state index contributed by atoms with van der Waals surface area (Å²) in [5, 5.41) is 3.06. The Morgan fingerprint density at radius 1 is 0.938 bits per heavy atom. The van der Waals surface area contributed by atoms with Crippen LogP contribution in [0.4, 0.5) is 0 Å². The minimum Gasteiger partial charge on any atom is -0.0674 e. The van der Waals surface area contributed by atoms with E-state index >= 15 is 0 Å². The van der Waals surface area contributed by atoms with Crippen molar-refractivity contribution in [2.75, 3.05) is 0 Å². The van der Waals surface area contributed by atoms with Gasteiger partial charge in [-0.1, -0.05) is 34.9 Å². The van der Waals surface area contributed by atoms with E-state index in [2.05, 4.69) is 12.1 Å². The molecule has 0 N–H and O–H groups in total. The van der Waals surface area contributed by atoms with Crippen LogP contribution in [0.5, 0.6) is 0 Å². The second-order valence-electron chi connectivity index (χ2n) is 4.96. The number of hydrogen-bond donors (Lipinski definition) is 0. The lowest BCUT2D eigenvalue weighted by atomic mass is 10.1. The Hall–Kier alpha value is -1.20. The van der Waals surface area contributed by atoms with Gasteiger partial charge >= 0.3 is 7.80 Å². The van der Waals surface area contributed by atoms with Crippen LogP contribution in [0.2, 0.25) is 0 Å². The molecular weight excluding hydrogens is 215 g/mol. The molecule has 0 radical (unpaired) electrons. The molecule has 2 aromatic carbocycles. The largest absolute Gasteiger partial charge is 0.382 e. The maximum absolute atomic E-state index is 12.4. The third-order valence-corrected chi connectivity index (χ3v) is 4.64. The van der Waals surface area contributed by atoms with E-state index in [0.717, 1.165) is 16.1 Å². The standard InChI is InChI=1S/C14H16OP/c1-14(2,3)16(15)13-10-6-8-11-7-4-5-9-12(11)13/h4-10H,1-3H3/q+1. The second kappa shape index (κ2) is 3.99. The van der Waals surface area contributed by atoms with E-state index < -0.39 is 7.80 Å². The fraction of sp³-hybridized carbons (Fsp3) is 0.286. The van der Waals surface area contributed by atoms with Crippen LogP contribution in [-0.4, -0.2) is 5.16 Å². The van der Waals surface area contributed by atoms with Gasteiger partial charge in [0, 0.05) is 5.39 Å². The van der Waals surface area contributed by atoms with Crippen molar-refractivity contribution in [3.05, 3.63) is 42.5 Å². The molecule has 2 aromatic rings. The SMILES string of the molecule is CC(C)(C)[P+](=O)c1cccc2ccccc12. The maximum Gasteiger partial charge on any atom is 0.382 e. The second-order valence-corrected chi connectivity index (χ2v) is 7.38. The van der Waals surface area contributed by atoms with Gasteiger partial charge in [0.15, 0.2) is 10.5 Å². The average Bonchev–Trinajstić information content (AvgIpc) is 2.26. The van der Waals surface area contributed by atoms with Crippen LogP contribution in [-0.2, 0) is 4.57 Å². The van der Waals surface area contributed by atoms with Gasteiger partial charge in [-0.3, -0.25) is 0 Å². The fourth-order valence-corrected chi connectivity index (χ4v) is 3.11. The lowest BCUT2D eigenvalue weighted by Crippen LogP contribution is -2.14. The van der Waals surface area contributed by atoms with Crippen LogP contribution in [0.3, 0.4) is 0 Å². The molecule has 1 atom stereocenters. The van der Waals surface area contributed by atoms with Crippen molar-refractivity contribution in [2.24, 2.45) is 0 Å². The molecule has 0 heterocycles. The summed E-state index contributed by atoms with van der Waals surface area (Å²) in [7, 11) is -1.37. The molecule has 0 aromatic heterocycles. The van der Waals surface area contributed by atoms with E-state index in [1.807, 2.05) is 51.1 Å². The Kier molecular flexibility index (Phi) is 2.82. The Morgan fingerprint density at radius 3 is 2.25 bits per heavy atom.